The first-order chi connectivity index (χ1) is 18.6. The van der Waals surface area contributed by atoms with Gasteiger partial charge in [-0.1, -0.05) is 6.07 Å². The third-order valence-electron chi connectivity index (χ3n) is 7.05. The average Bonchev–Trinajstić information content (AvgIpc) is 3.59. The first-order valence-corrected chi connectivity index (χ1v) is 12.9. The largest absolute Gasteiger partial charge is 0.422 e. The molecule has 6 rings (SSSR count). The third kappa shape index (κ3) is 4.92. The number of nitrogens with zero attached hydrogens (tertiary/aromatic N) is 7. The number of hydrogen-bond donors (Lipinski definition) is 2. The molecule has 4 aromatic heterocycles. The Labute approximate surface area is 220 Å². The monoisotopic (exact) mass is 517 g/mol. The fraction of sp³-hybridized carbons (Fsp3) is 0.423. The summed E-state index contributed by atoms with van der Waals surface area (Å²) >= 11 is 0. The molecule has 0 aliphatic carbocycles. The summed E-state index contributed by atoms with van der Waals surface area (Å²) in [6.07, 6.45) is 5.55. The van der Waals surface area contributed by atoms with E-state index >= 15 is 0 Å². The van der Waals surface area contributed by atoms with Gasteiger partial charge in [0, 0.05) is 71.3 Å². The molecule has 2 aliphatic heterocycles. The second kappa shape index (κ2) is 10.4. The second-order valence-corrected chi connectivity index (χ2v) is 9.60. The number of piperidine rings is 1. The average molecular weight is 518 g/mol. The maximum atomic E-state index is 13.7. The number of anilines is 3. The molecule has 1 amide bonds. The van der Waals surface area contributed by atoms with E-state index in [1.807, 2.05) is 25.4 Å². The Balaban J connectivity index is 1.33. The normalized spacial score (nSPS) is 16.8. The van der Waals surface area contributed by atoms with Crippen LogP contribution < -0.4 is 20.4 Å². The number of piperazine rings is 1. The lowest BCUT2D eigenvalue weighted by Crippen LogP contribution is -2.43. The second-order valence-electron chi connectivity index (χ2n) is 9.60. The van der Waals surface area contributed by atoms with Gasteiger partial charge in [-0.25, -0.2) is 9.97 Å². The number of aryl methyl sites for hydroxylation is 1. The van der Waals surface area contributed by atoms with Crippen LogP contribution in [0.2, 0.25) is 0 Å². The minimum Gasteiger partial charge on any atom is -0.422 e. The number of oxazole rings is 1. The van der Waals surface area contributed by atoms with Gasteiger partial charge in [0.25, 0.3) is 11.9 Å². The number of carbonyl (C=O) groups excluding carboxylic acids is 1. The lowest BCUT2D eigenvalue weighted by molar-refractivity contribution is 0.0817. The minimum absolute atomic E-state index is 0.207. The Morgan fingerprint density at radius 2 is 1.92 bits per heavy atom. The number of nitrogens with one attached hydrogen (secondary N) is 2. The Hall–Kier alpha value is -4.03. The number of rotatable bonds is 6. The van der Waals surface area contributed by atoms with Crippen LogP contribution in [0.1, 0.15) is 23.2 Å². The fourth-order valence-corrected chi connectivity index (χ4v) is 4.95. The Bertz CT molecular complexity index is 1440. The number of methoxy groups -OCH3 is 1. The lowest BCUT2D eigenvalue weighted by atomic mass is 10.1. The van der Waals surface area contributed by atoms with Gasteiger partial charge < -0.3 is 29.6 Å². The van der Waals surface area contributed by atoms with Crippen LogP contribution in [0.5, 0.6) is 0 Å². The molecule has 12 nitrogen and oxygen atoms in total. The molecule has 6 heterocycles. The van der Waals surface area contributed by atoms with E-state index in [0.29, 0.717) is 34.4 Å². The summed E-state index contributed by atoms with van der Waals surface area (Å²) in [5.74, 6) is 0.729. The van der Waals surface area contributed by atoms with Crippen LogP contribution in [0.15, 0.2) is 41.1 Å². The Morgan fingerprint density at radius 3 is 2.66 bits per heavy atom. The van der Waals surface area contributed by atoms with Crippen LogP contribution in [0, 0.1) is 0 Å². The van der Waals surface area contributed by atoms with Crippen LogP contribution in [0.4, 0.5) is 17.7 Å². The highest BCUT2D eigenvalue weighted by Crippen LogP contribution is 2.30. The van der Waals surface area contributed by atoms with Gasteiger partial charge in [-0.05, 0) is 25.0 Å². The number of hydrogen-bond acceptors (Lipinski definition) is 10. The van der Waals surface area contributed by atoms with Gasteiger partial charge in [-0.2, -0.15) is 10.1 Å². The van der Waals surface area contributed by atoms with Crippen molar-refractivity contribution in [3.05, 3.63) is 42.2 Å². The highest BCUT2D eigenvalue weighted by atomic mass is 16.5. The standard InChI is InChI=1S/C26H31N9O3/c1-33-16-17(15-28-33)20-4-3-5-22(29-20)30-25(36)19-14-21-23(32-26(38-21)35-12-8-27-9-13-35)31-24(19)34-10-6-18(37-2)7-11-34/h3-5,14-16,18,27H,6-13H2,1-2H3,(H,29,30,36). The van der Waals surface area contributed by atoms with Crippen molar-refractivity contribution >= 4 is 34.8 Å². The van der Waals surface area contributed by atoms with Crippen LogP contribution in [-0.4, -0.2) is 83.1 Å². The summed E-state index contributed by atoms with van der Waals surface area (Å²) in [6.45, 7) is 4.80. The topological polar surface area (TPSA) is 126 Å². The molecule has 2 fully saturated rings. The smallest absolute Gasteiger partial charge is 0.300 e. The summed E-state index contributed by atoms with van der Waals surface area (Å²) in [5, 5.41) is 10.5. The molecule has 198 valence electrons. The van der Waals surface area contributed by atoms with Gasteiger partial charge >= 0.3 is 0 Å². The van der Waals surface area contributed by atoms with Gasteiger partial charge in [-0.15, -0.1) is 0 Å². The van der Waals surface area contributed by atoms with E-state index in [9.17, 15) is 4.79 Å². The van der Waals surface area contributed by atoms with Crippen molar-refractivity contribution in [2.75, 3.05) is 61.5 Å². The summed E-state index contributed by atoms with van der Waals surface area (Å²) in [4.78, 5) is 32.0. The molecule has 4 aromatic rings. The Morgan fingerprint density at radius 1 is 1.11 bits per heavy atom. The van der Waals surface area contributed by atoms with Gasteiger partial charge in [0.1, 0.15) is 11.6 Å². The maximum absolute atomic E-state index is 13.7. The number of aromatic nitrogens is 5. The van der Waals surface area contributed by atoms with Crippen LogP contribution in [-0.2, 0) is 11.8 Å². The van der Waals surface area contributed by atoms with Crippen molar-refractivity contribution in [3.8, 4) is 11.3 Å². The van der Waals surface area contributed by atoms with Crippen molar-refractivity contribution in [2.45, 2.75) is 18.9 Å². The summed E-state index contributed by atoms with van der Waals surface area (Å²) in [7, 11) is 3.59. The van der Waals surface area contributed by atoms with E-state index in [2.05, 4.69) is 35.5 Å². The van der Waals surface area contributed by atoms with E-state index in [4.69, 9.17) is 14.1 Å². The van der Waals surface area contributed by atoms with Gasteiger partial charge in [-0.3, -0.25) is 9.48 Å². The molecule has 2 aliphatic rings. The molecule has 12 heteroatoms. The molecule has 0 radical (unpaired) electrons. The molecular weight excluding hydrogens is 486 g/mol. The van der Waals surface area contributed by atoms with Gasteiger partial charge in [0.2, 0.25) is 5.65 Å². The van der Waals surface area contributed by atoms with E-state index in [1.54, 1.807) is 30.1 Å². The van der Waals surface area contributed by atoms with Crippen LogP contribution >= 0.6 is 0 Å². The van der Waals surface area contributed by atoms with Crippen molar-refractivity contribution in [1.82, 2.24) is 30.0 Å². The molecule has 0 bridgehead atoms. The van der Waals surface area contributed by atoms with Gasteiger partial charge in [0.15, 0.2) is 5.58 Å². The summed E-state index contributed by atoms with van der Waals surface area (Å²) < 4.78 is 13.3. The van der Waals surface area contributed by atoms with Crippen LogP contribution in [0.3, 0.4) is 0 Å². The number of carbonyl (C=O) groups is 1. The molecule has 0 unspecified atom stereocenters. The number of pyridine rings is 2. The van der Waals surface area contributed by atoms with E-state index < -0.39 is 0 Å². The molecule has 0 aromatic carbocycles. The highest BCUT2D eigenvalue weighted by Gasteiger charge is 2.27. The number of ether oxygens (including phenoxy) is 1. The number of fused-ring (bicyclic) bond motifs is 1. The molecule has 0 spiro atoms. The Kier molecular flexibility index (Phi) is 6.64. The molecule has 0 saturated carbocycles. The third-order valence-corrected chi connectivity index (χ3v) is 7.05. The van der Waals surface area contributed by atoms with Crippen molar-refractivity contribution in [1.29, 1.82) is 0 Å². The molecule has 38 heavy (non-hydrogen) atoms. The van der Waals surface area contributed by atoms with E-state index in [-0.39, 0.29) is 12.0 Å². The minimum atomic E-state index is -0.306. The maximum Gasteiger partial charge on any atom is 0.300 e. The molecule has 2 saturated heterocycles. The zero-order chi connectivity index (χ0) is 26.1. The van der Waals surface area contributed by atoms with Crippen molar-refractivity contribution in [2.24, 2.45) is 7.05 Å². The first kappa shape index (κ1) is 24.3. The van der Waals surface area contributed by atoms with Crippen molar-refractivity contribution in [3.63, 3.8) is 0 Å². The predicted molar refractivity (Wildman–Crippen MR) is 144 cm³/mol. The lowest BCUT2D eigenvalue weighted by Gasteiger charge is -2.32. The highest BCUT2D eigenvalue weighted by molar-refractivity contribution is 6.08. The summed E-state index contributed by atoms with van der Waals surface area (Å²) in [6, 6.07) is 7.79. The molecule has 2 N–H and O–H groups in total. The predicted octanol–water partition coefficient (Wildman–Crippen LogP) is 2.30. The fourth-order valence-electron chi connectivity index (χ4n) is 4.95. The van der Waals surface area contributed by atoms with Crippen LogP contribution in [0.25, 0.3) is 22.5 Å². The van der Waals surface area contributed by atoms with E-state index in [0.717, 1.165) is 63.4 Å². The first-order valence-electron chi connectivity index (χ1n) is 12.9. The zero-order valence-electron chi connectivity index (χ0n) is 21.6. The SMILES string of the molecule is COC1CCN(c2nc3nc(N4CCNCC4)oc3cc2C(=O)Nc2cccc(-c3cnn(C)c3)n2)CC1. The number of amides is 1. The quantitative estimate of drug-likeness (QED) is 0.393. The summed E-state index contributed by atoms with van der Waals surface area (Å²) in [5.41, 5.74) is 3.00. The zero-order valence-corrected chi connectivity index (χ0v) is 21.6. The van der Waals surface area contributed by atoms with E-state index in [1.165, 1.54) is 0 Å². The van der Waals surface area contributed by atoms with Gasteiger partial charge in [0.05, 0.1) is 23.6 Å². The molecule has 0 atom stereocenters. The van der Waals surface area contributed by atoms with Crippen molar-refractivity contribution < 1.29 is 13.9 Å². The molecular formula is C26H31N9O3.